The molecule has 0 saturated heterocycles. The molecule has 1 N–H and O–H groups in total. The number of nitrogens with one attached hydrogen (secondary N) is 1. The number of benzene rings is 2. The van der Waals surface area contributed by atoms with Crippen LogP contribution in [0.1, 0.15) is 21.6 Å². The number of thiophene rings is 1. The van der Waals surface area contributed by atoms with Gasteiger partial charge in [0.25, 0.3) is 5.56 Å². The highest BCUT2D eigenvalue weighted by Gasteiger charge is 2.34. The molecule has 2 aromatic carbocycles. The first-order chi connectivity index (χ1) is 17.8. The van der Waals surface area contributed by atoms with Gasteiger partial charge in [0.1, 0.15) is 10.6 Å². The Kier molecular flexibility index (Phi) is 6.63. The Hall–Kier alpha value is -3.86. The molecule has 5 rings (SSSR count). The Morgan fingerprint density at radius 2 is 1.92 bits per heavy atom. The minimum atomic E-state index is -4.58. The number of aromatic nitrogens is 2. The topological polar surface area (TPSA) is 76.5 Å². The molecule has 37 heavy (non-hydrogen) atoms. The average molecular weight is 529 g/mol. The molecular formula is C26H23F3N4O3S. The maximum absolute atomic E-state index is 13.3. The number of hydrogen-bond acceptors (Lipinski definition) is 5. The van der Waals surface area contributed by atoms with E-state index in [9.17, 15) is 22.8 Å². The number of para-hydroxylation sites is 2. The zero-order valence-electron chi connectivity index (χ0n) is 19.8. The van der Waals surface area contributed by atoms with Crippen LogP contribution in [0.15, 0.2) is 59.7 Å². The Labute approximate surface area is 214 Å². The van der Waals surface area contributed by atoms with Crippen LogP contribution in [-0.4, -0.2) is 34.1 Å². The van der Waals surface area contributed by atoms with Crippen molar-refractivity contribution in [1.82, 2.24) is 14.5 Å². The molecule has 3 heterocycles. The van der Waals surface area contributed by atoms with E-state index in [1.54, 1.807) is 11.7 Å². The van der Waals surface area contributed by atoms with Crippen LogP contribution in [0.25, 0.3) is 10.2 Å². The Balaban J connectivity index is 1.35. The monoisotopic (exact) mass is 528 g/mol. The first-order valence-electron chi connectivity index (χ1n) is 11.6. The van der Waals surface area contributed by atoms with E-state index in [1.807, 2.05) is 24.3 Å². The highest BCUT2D eigenvalue weighted by molar-refractivity contribution is 7.18. The summed E-state index contributed by atoms with van der Waals surface area (Å²) >= 11 is 1.33. The summed E-state index contributed by atoms with van der Waals surface area (Å²) in [4.78, 5) is 33.5. The number of methoxy groups -OCH3 is 1. The Bertz CT molecular complexity index is 1530. The number of halogens is 3. The predicted molar refractivity (Wildman–Crippen MR) is 135 cm³/mol. The summed E-state index contributed by atoms with van der Waals surface area (Å²) in [6.07, 6.45) is -2.05. The van der Waals surface area contributed by atoms with Gasteiger partial charge < -0.3 is 15.0 Å². The fraction of sp³-hybridized carbons (Fsp3) is 0.269. The molecule has 4 aromatic rings. The Morgan fingerprint density at radius 1 is 1.16 bits per heavy atom. The van der Waals surface area contributed by atoms with Gasteiger partial charge in [0.15, 0.2) is 0 Å². The molecule has 0 radical (unpaired) electrons. The van der Waals surface area contributed by atoms with Crippen LogP contribution in [0.4, 0.5) is 23.7 Å². The maximum Gasteiger partial charge on any atom is 0.418 e. The lowest BCUT2D eigenvalue weighted by Crippen LogP contribution is -2.39. The number of carbonyl (C=O) groups excluding carboxylic acids is 1. The number of hydrogen-bond donors (Lipinski definition) is 1. The molecule has 2 aromatic heterocycles. The van der Waals surface area contributed by atoms with Crippen molar-refractivity contribution in [2.24, 2.45) is 0 Å². The molecule has 0 bridgehead atoms. The predicted octanol–water partition coefficient (Wildman–Crippen LogP) is 5.32. The molecule has 11 heteroatoms. The quantitative estimate of drug-likeness (QED) is 0.381. The molecule has 0 unspecified atom stereocenters. The van der Waals surface area contributed by atoms with Crippen LogP contribution in [0.3, 0.4) is 0 Å². The number of aryl methyl sites for hydroxylation is 2. The fourth-order valence-electron chi connectivity index (χ4n) is 4.54. The summed E-state index contributed by atoms with van der Waals surface area (Å²) in [6, 6.07) is 11.9. The summed E-state index contributed by atoms with van der Waals surface area (Å²) in [5.41, 5.74) is 0.499. The third kappa shape index (κ3) is 4.91. The number of urea groups is 1. The van der Waals surface area contributed by atoms with E-state index in [-0.39, 0.29) is 24.3 Å². The van der Waals surface area contributed by atoms with Crippen LogP contribution in [0.5, 0.6) is 5.75 Å². The first kappa shape index (κ1) is 24.8. The van der Waals surface area contributed by atoms with Gasteiger partial charge in [-0.25, -0.2) is 9.78 Å². The summed E-state index contributed by atoms with van der Waals surface area (Å²) in [7, 11) is 1.61. The number of carbonyl (C=O) groups is 1. The Morgan fingerprint density at radius 3 is 2.70 bits per heavy atom. The standard InChI is InChI=1S/C26H23F3N4O3S/c1-36-20-9-5-2-6-16(20)10-12-33-15-30-23-22(24(33)34)17-11-13-32(14-21(17)37-23)25(35)31-19-8-4-3-7-18(19)26(27,28)29/h2-9,15H,10-14H2,1H3,(H,31,35). The SMILES string of the molecule is COc1ccccc1CCn1cnc2sc3c(c2c1=O)CCN(C(=O)Nc1ccccc1C(F)(F)F)C3. The van der Waals surface area contributed by atoms with Crippen molar-refractivity contribution in [2.45, 2.75) is 32.1 Å². The van der Waals surface area contributed by atoms with Crippen molar-refractivity contribution in [1.29, 1.82) is 0 Å². The number of amides is 2. The number of nitrogens with zero attached hydrogens (tertiary/aromatic N) is 3. The van der Waals surface area contributed by atoms with Crippen molar-refractivity contribution >= 4 is 33.3 Å². The second kappa shape index (κ2) is 9.89. The molecule has 1 aliphatic heterocycles. The normalized spacial score (nSPS) is 13.5. The zero-order valence-corrected chi connectivity index (χ0v) is 20.7. The highest BCUT2D eigenvalue weighted by Crippen LogP contribution is 2.36. The smallest absolute Gasteiger partial charge is 0.418 e. The van der Waals surface area contributed by atoms with Crippen molar-refractivity contribution < 1.29 is 22.7 Å². The summed E-state index contributed by atoms with van der Waals surface area (Å²) in [5, 5.41) is 2.94. The second-order valence-electron chi connectivity index (χ2n) is 8.63. The summed E-state index contributed by atoms with van der Waals surface area (Å²) in [5.74, 6) is 0.758. The van der Waals surface area contributed by atoms with E-state index in [4.69, 9.17) is 4.74 Å². The molecule has 0 atom stereocenters. The molecule has 0 aliphatic carbocycles. The second-order valence-corrected chi connectivity index (χ2v) is 9.72. The van der Waals surface area contributed by atoms with Crippen LogP contribution >= 0.6 is 11.3 Å². The minimum absolute atomic E-state index is 0.144. The largest absolute Gasteiger partial charge is 0.496 e. The van der Waals surface area contributed by atoms with Crippen molar-refractivity contribution in [3.8, 4) is 5.75 Å². The van der Waals surface area contributed by atoms with Crippen LogP contribution in [-0.2, 0) is 32.1 Å². The van der Waals surface area contributed by atoms with Gasteiger partial charge in [0.2, 0.25) is 0 Å². The number of anilines is 1. The van der Waals surface area contributed by atoms with Crippen LogP contribution in [0, 0.1) is 0 Å². The van der Waals surface area contributed by atoms with E-state index in [1.165, 1.54) is 40.8 Å². The number of alkyl halides is 3. The van der Waals surface area contributed by atoms with E-state index >= 15 is 0 Å². The van der Waals surface area contributed by atoms with Crippen LogP contribution in [0.2, 0.25) is 0 Å². The number of ether oxygens (including phenoxy) is 1. The van der Waals surface area contributed by atoms with E-state index < -0.39 is 17.8 Å². The third-order valence-electron chi connectivity index (χ3n) is 6.40. The van der Waals surface area contributed by atoms with Gasteiger partial charge in [-0.1, -0.05) is 30.3 Å². The summed E-state index contributed by atoms with van der Waals surface area (Å²) in [6.45, 7) is 0.894. The average Bonchev–Trinajstić information content (AvgIpc) is 3.26. The molecule has 7 nitrogen and oxygen atoms in total. The fourth-order valence-corrected chi connectivity index (χ4v) is 5.73. The number of fused-ring (bicyclic) bond motifs is 3. The highest BCUT2D eigenvalue weighted by atomic mass is 32.1. The molecule has 2 amide bonds. The lowest BCUT2D eigenvalue weighted by Gasteiger charge is -2.27. The molecule has 0 fully saturated rings. The number of rotatable bonds is 5. The van der Waals surface area contributed by atoms with Gasteiger partial charge in [-0.2, -0.15) is 13.2 Å². The van der Waals surface area contributed by atoms with Crippen molar-refractivity contribution in [2.75, 3.05) is 19.0 Å². The molecule has 0 spiro atoms. The van der Waals surface area contributed by atoms with Gasteiger partial charge in [-0.3, -0.25) is 9.36 Å². The van der Waals surface area contributed by atoms with Gasteiger partial charge in [0, 0.05) is 18.0 Å². The molecular weight excluding hydrogens is 505 g/mol. The lowest BCUT2D eigenvalue weighted by molar-refractivity contribution is -0.136. The first-order valence-corrected chi connectivity index (χ1v) is 12.4. The minimum Gasteiger partial charge on any atom is -0.496 e. The molecule has 1 aliphatic rings. The van der Waals surface area contributed by atoms with E-state index in [0.717, 1.165) is 27.8 Å². The molecule has 0 saturated carbocycles. The van der Waals surface area contributed by atoms with Crippen molar-refractivity contribution in [3.63, 3.8) is 0 Å². The zero-order chi connectivity index (χ0) is 26.2. The van der Waals surface area contributed by atoms with Crippen molar-refractivity contribution in [3.05, 3.63) is 86.8 Å². The van der Waals surface area contributed by atoms with Gasteiger partial charge in [-0.05, 0) is 42.2 Å². The lowest BCUT2D eigenvalue weighted by atomic mass is 10.1. The van der Waals surface area contributed by atoms with Gasteiger partial charge >= 0.3 is 12.2 Å². The van der Waals surface area contributed by atoms with E-state index in [0.29, 0.717) is 29.6 Å². The third-order valence-corrected chi connectivity index (χ3v) is 7.53. The molecule has 192 valence electrons. The van der Waals surface area contributed by atoms with Crippen LogP contribution < -0.4 is 15.6 Å². The van der Waals surface area contributed by atoms with Gasteiger partial charge in [-0.15, -0.1) is 11.3 Å². The van der Waals surface area contributed by atoms with Gasteiger partial charge in [0.05, 0.1) is 36.6 Å². The maximum atomic E-state index is 13.3. The summed E-state index contributed by atoms with van der Waals surface area (Å²) < 4.78 is 46.9. The van der Waals surface area contributed by atoms with E-state index in [2.05, 4.69) is 10.3 Å².